The largest absolute Gasteiger partial charge is 0.507 e. The monoisotopic (exact) mass is 346 g/mol. The Morgan fingerprint density at radius 3 is 2.68 bits per heavy atom. The zero-order chi connectivity index (χ0) is 18.0. The molecule has 25 heavy (non-hydrogen) atoms. The molecule has 2 heterocycles. The predicted molar refractivity (Wildman–Crippen MR) is 92.8 cm³/mol. The normalized spacial score (nSPS) is 15.5. The summed E-state index contributed by atoms with van der Waals surface area (Å²) in [4.78, 5) is 27.3. The van der Waals surface area contributed by atoms with Gasteiger partial charge < -0.3 is 19.2 Å². The quantitative estimate of drug-likeness (QED) is 0.857. The molecule has 7 heteroatoms. The number of phenols is 1. The first kappa shape index (κ1) is 17.3. The van der Waals surface area contributed by atoms with E-state index in [1.807, 2.05) is 6.92 Å². The molecule has 2 aromatic rings. The molecule has 134 valence electrons. The summed E-state index contributed by atoms with van der Waals surface area (Å²) in [6, 6.07) is 4.83. The van der Waals surface area contributed by atoms with Crippen molar-refractivity contribution in [1.82, 2.24) is 9.80 Å². The van der Waals surface area contributed by atoms with Gasteiger partial charge >= 0.3 is 11.7 Å². The van der Waals surface area contributed by atoms with Gasteiger partial charge in [0.15, 0.2) is 0 Å². The van der Waals surface area contributed by atoms with Gasteiger partial charge in [-0.1, -0.05) is 0 Å². The fourth-order valence-electron chi connectivity index (χ4n) is 3.11. The van der Waals surface area contributed by atoms with Crippen molar-refractivity contribution in [1.29, 1.82) is 0 Å². The summed E-state index contributed by atoms with van der Waals surface area (Å²) in [5.41, 5.74) is 1.42. The molecule has 1 fully saturated rings. The summed E-state index contributed by atoms with van der Waals surface area (Å²) in [6.07, 6.45) is -0.295. The first-order chi connectivity index (χ1) is 12.0. The number of carbonyl (C=O) groups excluding carboxylic acids is 1. The van der Waals surface area contributed by atoms with Gasteiger partial charge in [0.05, 0.1) is 12.2 Å². The van der Waals surface area contributed by atoms with Crippen LogP contribution in [0.3, 0.4) is 0 Å². The fourth-order valence-corrected chi connectivity index (χ4v) is 3.11. The van der Waals surface area contributed by atoms with Gasteiger partial charge in [0.25, 0.3) is 0 Å². The molecule has 1 aromatic carbocycles. The van der Waals surface area contributed by atoms with Crippen LogP contribution in [-0.2, 0) is 11.3 Å². The lowest BCUT2D eigenvalue weighted by Gasteiger charge is -2.34. The van der Waals surface area contributed by atoms with Crippen molar-refractivity contribution < 1.29 is 19.1 Å². The highest BCUT2D eigenvalue weighted by Gasteiger charge is 2.23. The van der Waals surface area contributed by atoms with Crippen LogP contribution in [0.25, 0.3) is 11.0 Å². The van der Waals surface area contributed by atoms with Crippen molar-refractivity contribution in [2.75, 3.05) is 32.8 Å². The van der Waals surface area contributed by atoms with Gasteiger partial charge in [-0.25, -0.2) is 9.59 Å². The number of benzene rings is 1. The van der Waals surface area contributed by atoms with Crippen molar-refractivity contribution in [2.45, 2.75) is 20.4 Å². The van der Waals surface area contributed by atoms with Gasteiger partial charge in [-0.3, -0.25) is 4.90 Å². The summed E-state index contributed by atoms with van der Waals surface area (Å²) in [6.45, 7) is 6.88. The molecule has 7 nitrogen and oxygen atoms in total. The van der Waals surface area contributed by atoms with Crippen molar-refractivity contribution >= 4 is 17.1 Å². The molecule has 0 spiro atoms. The average molecular weight is 346 g/mol. The number of nitrogens with zero attached hydrogens (tertiary/aromatic N) is 2. The Balaban J connectivity index is 1.79. The van der Waals surface area contributed by atoms with Crippen molar-refractivity contribution in [3.8, 4) is 5.75 Å². The van der Waals surface area contributed by atoms with Gasteiger partial charge in [0.1, 0.15) is 11.3 Å². The third-order valence-electron chi connectivity index (χ3n) is 4.48. The Bertz CT molecular complexity index is 837. The van der Waals surface area contributed by atoms with Crippen molar-refractivity contribution in [3.05, 3.63) is 39.7 Å². The predicted octanol–water partition coefficient (Wildman–Crippen LogP) is 2.08. The van der Waals surface area contributed by atoms with Gasteiger partial charge in [-0.05, 0) is 31.5 Å². The van der Waals surface area contributed by atoms with E-state index in [0.29, 0.717) is 50.5 Å². The molecule has 1 aliphatic rings. The molecule has 0 radical (unpaired) electrons. The number of amides is 1. The zero-order valence-corrected chi connectivity index (χ0v) is 14.4. The summed E-state index contributed by atoms with van der Waals surface area (Å²) in [5, 5.41) is 11.1. The second-order valence-electron chi connectivity index (χ2n) is 6.15. The number of hydrogen-bond donors (Lipinski definition) is 1. The number of piperazine rings is 1. The number of carbonyl (C=O) groups is 1. The molecule has 0 aliphatic carbocycles. The van der Waals surface area contributed by atoms with Crippen LogP contribution in [0.1, 0.15) is 18.1 Å². The molecule has 0 unspecified atom stereocenters. The smallest absolute Gasteiger partial charge is 0.409 e. The van der Waals surface area contributed by atoms with E-state index < -0.39 is 5.63 Å². The molecule has 1 aromatic heterocycles. The summed E-state index contributed by atoms with van der Waals surface area (Å²) >= 11 is 0. The van der Waals surface area contributed by atoms with Gasteiger partial charge in [0.2, 0.25) is 0 Å². The van der Waals surface area contributed by atoms with E-state index >= 15 is 0 Å². The number of phenolic OH excluding ortho intramolecular Hbond substituents is 1. The number of aromatic hydroxyl groups is 1. The van der Waals surface area contributed by atoms with Crippen molar-refractivity contribution in [3.63, 3.8) is 0 Å². The third-order valence-corrected chi connectivity index (χ3v) is 4.48. The molecule has 1 amide bonds. The highest BCUT2D eigenvalue weighted by molar-refractivity contribution is 5.84. The summed E-state index contributed by atoms with van der Waals surface area (Å²) in [5.74, 6) is 0.106. The lowest BCUT2D eigenvalue weighted by atomic mass is 10.1. The minimum Gasteiger partial charge on any atom is -0.507 e. The number of rotatable bonds is 3. The SMILES string of the molecule is CCOC(=O)N1CCN(Cc2c(O)ccc3c(C)cc(=O)oc23)CC1. The van der Waals surface area contributed by atoms with Crippen LogP contribution in [0.2, 0.25) is 0 Å². The van der Waals surface area contributed by atoms with Crippen LogP contribution in [0.15, 0.2) is 27.4 Å². The number of fused-ring (bicyclic) bond motifs is 1. The summed E-state index contributed by atoms with van der Waals surface area (Å²) < 4.78 is 10.4. The molecule has 1 aliphatic heterocycles. The highest BCUT2D eigenvalue weighted by Crippen LogP contribution is 2.29. The fraction of sp³-hybridized carbons (Fsp3) is 0.444. The zero-order valence-electron chi connectivity index (χ0n) is 14.4. The van der Waals surface area contributed by atoms with Crippen LogP contribution in [0.4, 0.5) is 4.79 Å². The van der Waals surface area contributed by atoms with E-state index in [1.54, 1.807) is 24.0 Å². The Kier molecular flexibility index (Phi) is 4.94. The van der Waals surface area contributed by atoms with E-state index in [1.165, 1.54) is 6.07 Å². The second kappa shape index (κ2) is 7.14. The van der Waals surface area contributed by atoms with E-state index in [2.05, 4.69) is 4.90 Å². The Morgan fingerprint density at radius 2 is 2.00 bits per heavy atom. The molecule has 1 saturated heterocycles. The van der Waals surface area contributed by atoms with Crippen LogP contribution < -0.4 is 5.63 Å². The average Bonchev–Trinajstić information content (AvgIpc) is 2.58. The second-order valence-corrected chi connectivity index (χ2v) is 6.15. The first-order valence-electron chi connectivity index (χ1n) is 8.39. The molecule has 0 bridgehead atoms. The number of hydrogen-bond acceptors (Lipinski definition) is 6. The maximum atomic E-state index is 11.8. The van der Waals surface area contributed by atoms with E-state index in [4.69, 9.17) is 9.15 Å². The van der Waals surface area contributed by atoms with Gasteiger partial charge in [0, 0.05) is 44.2 Å². The first-order valence-corrected chi connectivity index (χ1v) is 8.39. The third kappa shape index (κ3) is 3.61. The maximum absolute atomic E-state index is 11.8. The lowest BCUT2D eigenvalue weighted by Crippen LogP contribution is -2.48. The van der Waals surface area contributed by atoms with Crippen LogP contribution in [-0.4, -0.2) is 53.8 Å². The van der Waals surface area contributed by atoms with Crippen LogP contribution in [0, 0.1) is 6.92 Å². The minimum atomic E-state index is -0.427. The molecule has 0 saturated carbocycles. The number of aryl methyl sites for hydroxylation is 1. The minimum absolute atomic E-state index is 0.106. The highest BCUT2D eigenvalue weighted by atomic mass is 16.6. The Labute approximate surface area is 145 Å². The summed E-state index contributed by atoms with van der Waals surface area (Å²) in [7, 11) is 0. The van der Waals surface area contributed by atoms with Crippen LogP contribution >= 0.6 is 0 Å². The lowest BCUT2D eigenvalue weighted by molar-refractivity contribution is 0.0776. The number of ether oxygens (including phenoxy) is 1. The van der Waals surface area contributed by atoms with Gasteiger partial charge in [-0.2, -0.15) is 0 Å². The molecule has 1 N–H and O–H groups in total. The van der Waals surface area contributed by atoms with Crippen LogP contribution in [0.5, 0.6) is 5.75 Å². The Hall–Kier alpha value is -2.54. The molecule has 3 rings (SSSR count). The van der Waals surface area contributed by atoms with E-state index in [0.717, 1.165) is 10.9 Å². The molecular weight excluding hydrogens is 324 g/mol. The van der Waals surface area contributed by atoms with E-state index in [9.17, 15) is 14.7 Å². The molecular formula is C18H22N2O5. The Morgan fingerprint density at radius 1 is 1.28 bits per heavy atom. The van der Waals surface area contributed by atoms with Crippen molar-refractivity contribution in [2.24, 2.45) is 0 Å². The topological polar surface area (TPSA) is 83.2 Å². The van der Waals surface area contributed by atoms with E-state index in [-0.39, 0.29) is 11.8 Å². The maximum Gasteiger partial charge on any atom is 0.409 e. The standard InChI is InChI=1S/C18H22N2O5/c1-3-24-18(23)20-8-6-19(7-9-20)11-14-15(21)5-4-13-12(2)10-16(22)25-17(13)14/h4-5,10,21H,3,6-9,11H2,1-2H3. The van der Waals surface area contributed by atoms with Gasteiger partial charge in [-0.15, -0.1) is 0 Å². The molecule has 0 atom stereocenters.